The normalized spacial score (nSPS) is 31.6. The Labute approximate surface area is 96.4 Å². The minimum absolute atomic E-state index is 0.0450. The Balaban J connectivity index is 2.53. The first-order chi connectivity index (χ1) is 7.55. The van der Waals surface area contributed by atoms with Crippen molar-refractivity contribution in [2.24, 2.45) is 17.8 Å². The average molecular weight is 262 g/mol. The molecule has 6 heteroatoms. The standard InChI is InChI=1S/C11H16F6/c1-7-2-8(5-10(12,13)14)4-9(3-7)6-11(15,16)17/h7-9H,2-6H2,1H3. The Hall–Kier alpha value is -0.420. The van der Waals surface area contributed by atoms with Crippen molar-refractivity contribution >= 4 is 0 Å². The van der Waals surface area contributed by atoms with E-state index >= 15 is 0 Å². The molecule has 1 aliphatic carbocycles. The maximum absolute atomic E-state index is 12.2. The largest absolute Gasteiger partial charge is 0.389 e. The third kappa shape index (κ3) is 6.17. The summed E-state index contributed by atoms with van der Waals surface area (Å²) in [5.74, 6) is -1.35. The SMILES string of the molecule is CC1CC(CC(F)(F)F)CC(CC(F)(F)F)C1. The first-order valence-electron chi connectivity index (χ1n) is 5.68. The molecule has 0 spiro atoms. The monoisotopic (exact) mass is 262 g/mol. The van der Waals surface area contributed by atoms with Crippen LogP contribution in [0.1, 0.15) is 39.0 Å². The van der Waals surface area contributed by atoms with Crippen molar-refractivity contribution in [3.8, 4) is 0 Å². The number of alkyl halides is 6. The molecule has 2 unspecified atom stereocenters. The fourth-order valence-electron chi connectivity index (χ4n) is 2.89. The van der Waals surface area contributed by atoms with E-state index in [0.29, 0.717) is 12.8 Å². The summed E-state index contributed by atoms with van der Waals surface area (Å²) >= 11 is 0. The predicted molar refractivity (Wildman–Crippen MR) is 51.3 cm³/mol. The molecule has 0 radical (unpaired) electrons. The van der Waals surface area contributed by atoms with Crippen molar-refractivity contribution in [1.82, 2.24) is 0 Å². The van der Waals surface area contributed by atoms with E-state index in [1.165, 1.54) is 0 Å². The zero-order valence-electron chi connectivity index (χ0n) is 9.54. The second-order valence-electron chi connectivity index (χ2n) is 5.18. The van der Waals surface area contributed by atoms with Crippen LogP contribution >= 0.6 is 0 Å². The number of rotatable bonds is 2. The van der Waals surface area contributed by atoms with Crippen LogP contribution in [0, 0.1) is 17.8 Å². The molecule has 1 fully saturated rings. The highest BCUT2D eigenvalue weighted by atomic mass is 19.4. The molecule has 0 aromatic heterocycles. The van der Waals surface area contributed by atoms with Crippen molar-refractivity contribution in [3.05, 3.63) is 0 Å². The van der Waals surface area contributed by atoms with Gasteiger partial charge in [-0.3, -0.25) is 0 Å². The van der Waals surface area contributed by atoms with Crippen LogP contribution in [0.4, 0.5) is 26.3 Å². The van der Waals surface area contributed by atoms with Gasteiger partial charge in [-0.25, -0.2) is 0 Å². The van der Waals surface area contributed by atoms with E-state index in [2.05, 4.69) is 0 Å². The average Bonchev–Trinajstić information content (AvgIpc) is 1.93. The quantitative estimate of drug-likeness (QED) is 0.618. The molecule has 0 aromatic carbocycles. The summed E-state index contributed by atoms with van der Waals surface area (Å²) in [4.78, 5) is 0. The van der Waals surface area contributed by atoms with Gasteiger partial charge in [0.1, 0.15) is 0 Å². The van der Waals surface area contributed by atoms with Gasteiger partial charge in [0.25, 0.3) is 0 Å². The molecule has 0 aromatic rings. The third-order valence-electron chi connectivity index (χ3n) is 3.18. The summed E-state index contributed by atoms with van der Waals surface area (Å²) in [7, 11) is 0. The van der Waals surface area contributed by atoms with Crippen molar-refractivity contribution in [2.75, 3.05) is 0 Å². The maximum Gasteiger partial charge on any atom is 0.389 e. The summed E-state index contributed by atoms with van der Waals surface area (Å²) in [6, 6.07) is 0. The molecule has 0 saturated heterocycles. The van der Waals surface area contributed by atoms with Crippen LogP contribution in [-0.4, -0.2) is 12.4 Å². The van der Waals surface area contributed by atoms with Crippen LogP contribution in [0.3, 0.4) is 0 Å². The molecule has 1 aliphatic rings. The summed E-state index contributed by atoms with van der Waals surface area (Å²) in [6.07, 6.45) is -9.64. The van der Waals surface area contributed by atoms with E-state index < -0.39 is 37.0 Å². The van der Waals surface area contributed by atoms with Crippen molar-refractivity contribution in [3.63, 3.8) is 0 Å². The van der Waals surface area contributed by atoms with Gasteiger partial charge in [-0.05, 0) is 37.0 Å². The number of hydrogen-bond donors (Lipinski definition) is 0. The highest BCUT2D eigenvalue weighted by Gasteiger charge is 2.39. The molecule has 0 aliphatic heterocycles. The summed E-state index contributed by atoms with van der Waals surface area (Å²) < 4.78 is 73.3. The van der Waals surface area contributed by atoms with Gasteiger partial charge in [0.15, 0.2) is 0 Å². The summed E-state index contributed by atoms with van der Waals surface area (Å²) in [6.45, 7) is 1.73. The molecule has 1 rings (SSSR count). The first-order valence-corrected chi connectivity index (χ1v) is 5.68. The van der Waals surface area contributed by atoms with Gasteiger partial charge in [0.2, 0.25) is 0 Å². The van der Waals surface area contributed by atoms with E-state index in [1.807, 2.05) is 0 Å². The van der Waals surface area contributed by atoms with Crippen LogP contribution in [-0.2, 0) is 0 Å². The maximum atomic E-state index is 12.2. The van der Waals surface area contributed by atoms with E-state index in [4.69, 9.17) is 0 Å². The molecule has 0 amide bonds. The van der Waals surface area contributed by atoms with Crippen molar-refractivity contribution in [1.29, 1.82) is 0 Å². The Bertz CT molecular complexity index is 217. The predicted octanol–water partition coefficient (Wildman–Crippen LogP) is 4.94. The van der Waals surface area contributed by atoms with Gasteiger partial charge in [0.05, 0.1) is 0 Å². The molecule has 0 N–H and O–H groups in total. The minimum atomic E-state index is -4.27. The van der Waals surface area contributed by atoms with Crippen molar-refractivity contribution < 1.29 is 26.3 Å². The fourth-order valence-corrected chi connectivity index (χ4v) is 2.89. The molecule has 0 nitrogen and oxygen atoms in total. The van der Waals surface area contributed by atoms with Crippen LogP contribution in [0.2, 0.25) is 0 Å². The highest BCUT2D eigenvalue weighted by Crippen LogP contribution is 2.42. The lowest BCUT2D eigenvalue weighted by Crippen LogP contribution is -2.28. The molecule has 0 bridgehead atoms. The second kappa shape index (κ2) is 5.06. The van der Waals surface area contributed by atoms with Gasteiger partial charge in [0, 0.05) is 12.8 Å². The number of halogens is 6. The fraction of sp³-hybridized carbons (Fsp3) is 1.00. The van der Waals surface area contributed by atoms with Gasteiger partial charge < -0.3 is 0 Å². The summed E-state index contributed by atoms with van der Waals surface area (Å²) in [5, 5.41) is 0. The lowest BCUT2D eigenvalue weighted by atomic mass is 9.73. The molecular formula is C11H16F6. The van der Waals surface area contributed by atoms with Crippen LogP contribution in [0.25, 0.3) is 0 Å². The van der Waals surface area contributed by atoms with E-state index in [9.17, 15) is 26.3 Å². The van der Waals surface area contributed by atoms with Crippen LogP contribution in [0.15, 0.2) is 0 Å². The number of hydrogen-bond acceptors (Lipinski definition) is 0. The van der Waals surface area contributed by atoms with Gasteiger partial charge in [-0.2, -0.15) is 26.3 Å². The topological polar surface area (TPSA) is 0 Å². The van der Waals surface area contributed by atoms with Crippen molar-refractivity contribution in [2.45, 2.75) is 51.4 Å². The molecule has 1 saturated carbocycles. The van der Waals surface area contributed by atoms with Crippen LogP contribution < -0.4 is 0 Å². The Morgan fingerprint density at radius 3 is 1.41 bits per heavy atom. The molecular weight excluding hydrogens is 246 g/mol. The van der Waals surface area contributed by atoms with E-state index in [0.717, 1.165) is 0 Å². The van der Waals surface area contributed by atoms with Crippen LogP contribution in [0.5, 0.6) is 0 Å². The molecule has 102 valence electrons. The second-order valence-corrected chi connectivity index (χ2v) is 5.18. The summed E-state index contributed by atoms with van der Waals surface area (Å²) in [5.41, 5.74) is 0. The highest BCUT2D eigenvalue weighted by molar-refractivity contribution is 4.80. The smallest absolute Gasteiger partial charge is 0.171 e. The zero-order chi connectivity index (χ0) is 13.3. The molecule has 0 heterocycles. The molecule has 17 heavy (non-hydrogen) atoms. The Kier molecular flexibility index (Phi) is 4.36. The lowest BCUT2D eigenvalue weighted by molar-refractivity contribution is -0.159. The van der Waals surface area contributed by atoms with Gasteiger partial charge in [-0.1, -0.05) is 6.92 Å². The van der Waals surface area contributed by atoms with Gasteiger partial charge >= 0.3 is 12.4 Å². The Morgan fingerprint density at radius 2 is 1.12 bits per heavy atom. The molecule has 2 atom stereocenters. The van der Waals surface area contributed by atoms with E-state index in [-0.39, 0.29) is 12.3 Å². The minimum Gasteiger partial charge on any atom is -0.171 e. The Morgan fingerprint density at radius 1 is 0.765 bits per heavy atom. The lowest BCUT2D eigenvalue weighted by Gasteiger charge is -2.34. The zero-order valence-corrected chi connectivity index (χ0v) is 9.54. The first kappa shape index (κ1) is 14.6. The third-order valence-corrected chi connectivity index (χ3v) is 3.18. The van der Waals surface area contributed by atoms with Gasteiger partial charge in [-0.15, -0.1) is 0 Å². The van der Waals surface area contributed by atoms with E-state index in [1.54, 1.807) is 6.92 Å².